The van der Waals surface area contributed by atoms with Crippen molar-refractivity contribution in [3.63, 3.8) is 0 Å². The van der Waals surface area contributed by atoms with Gasteiger partial charge in [-0.3, -0.25) is 28.8 Å². The largest absolute Gasteiger partial charge is 0.481 e. The maximum Gasteiger partial charge on any atom is 0.305 e. The molecule has 4 rings (SSSR count). The number of hydrogen-bond acceptors (Lipinski definition) is 7. The molecule has 5 amide bonds. The number of aliphatic imine (C=N–C) groups is 1. The fourth-order valence-electron chi connectivity index (χ4n) is 6.07. The van der Waals surface area contributed by atoms with Crippen LogP contribution >= 0.6 is 11.6 Å². The van der Waals surface area contributed by atoms with E-state index in [9.17, 15) is 33.9 Å². The van der Waals surface area contributed by atoms with Crippen LogP contribution in [0.3, 0.4) is 0 Å². The van der Waals surface area contributed by atoms with Crippen LogP contribution in [0, 0.1) is 11.8 Å². The Labute approximate surface area is 266 Å². The van der Waals surface area contributed by atoms with E-state index in [1.165, 1.54) is 4.90 Å². The zero-order chi connectivity index (χ0) is 33.0. The molecule has 3 heterocycles. The third-order valence-electron chi connectivity index (χ3n) is 8.35. The van der Waals surface area contributed by atoms with Gasteiger partial charge in [0, 0.05) is 12.5 Å². The van der Waals surface area contributed by atoms with Crippen LogP contribution in [-0.2, 0) is 28.8 Å². The molecule has 1 aromatic carbocycles. The molecule has 1 aromatic rings. The lowest BCUT2D eigenvalue weighted by Crippen LogP contribution is -2.58. The molecule has 2 fully saturated rings. The predicted molar refractivity (Wildman–Crippen MR) is 166 cm³/mol. The zero-order valence-corrected chi connectivity index (χ0v) is 26.6. The van der Waals surface area contributed by atoms with E-state index in [1.54, 1.807) is 32.0 Å². The molecule has 0 saturated carbocycles. The van der Waals surface area contributed by atoms with Gasteiger partial charge < -0.3 is 31.3 Å². The summed E-state index contributed by atoms with van der Waals surface area (Å²) in [4.78, 5) is 85.9. The fraction of sp³-hybridized carbons (Fsp3) is 0.581. The first-order valence-corrected chi connectivity index (χ1v) is 15.7. The summed E-state index contributed by atoms with van der Waals surface area (Å²) in [5.74, 6) is -5.63. The molecule has 14 heteroatoms. The number of carboxylic acid groups (broad SMARTS) is 1. The van der Waals surface area contributed by atoms with Gasteiger partial charge in [0.15, 0.2) is 0 Å². The number of benzene rings is 1. The number of para-hydroxylation sites is 1. The van der Waals surface area contributed by atoms with Crippen molar-refractivity contribution in [2.24, 2.45) is 16.8 Å². The first-order chi connectivity index (χ1) is 21.3. The van der Waals surface area contributed by atoms with E-state index in [1.807, 2.05) is 19.9 Å². The molecular formula is C31H41ClN6O7. The minimum Gasteiger partial charge on any atom is -0.481 e. The molecule has 2 saturated heterocycles. The topological polar surface area (TPSA) is 186 Å². The van der Waals surface area contributed by atoms with Gasteiger partial charge in [-0.05, 0) is 49.1 Å². The van der Waals surface area contributed by atoms with Crippen LogP contribution in [0.2, 0.25) is 0 Å². The summed E-state index contributed by atoms with van der Waals surface area (Å²) in [5.41, 5.74) is 1.37. The summed E-state index contributed by atoms with van der Waals surface area (Å²) >= 11 is 6.51. The van der Waals surface area contributed by atoms with Gasteiger partial charge in [-0.15, -0.1) is 0 Å². The lowest BCUT2D eigenvalue weighted by Gasteiger charge is -2.30. The highest BCUT2D eigenvalue weighted by Gasteiger charge is 2.42. The molecule has 0 aliphatic carbocycles. The Hall–Kier alpha value is -4.00. The molecule has 6 atom stereocenters. The van der Waals surface area contributed by atoms with Gasteiger partial charge in [-0.25, -0.2) is 4.99 Å². The lowest BCUT2D eigenvalue weighted by atomic mass is 9.92. The Morgan fingerprint density at radius 1 is 0.933 bits per heavy atom. The first-order valence-electron chi connectivity index (χ1n) is 15.3. The number of aliphatic carboxylic acids is 1. The van der Waals surface area contributed by atoms with E-state index in [0.29, 0.717) is 18.5 Å². The van der Waals surface area contributed by atoms with Crippen molar-refractivity contribution < 1.29 is 33.9 Å². The van der Waals surface area contributed by atoms with Crippen molar-refractivity contribution in [3.05, 3.63) is 29.8 Å². The minimum atomic E-state index is -1.51. The van der Waals surface area contributed by atoms with Crippen LogP contribution in [0.4, 0.5) is 5.69 Å². The van der Waals surface area contributed by atoms with Crippen molar-refractivity contribution in [1.82, 2.24) is 26.2 Å². The third kappa shape index (κ3) is 7.99. The smallest absolute Gasteiger partial charge is 0.305 e. The van der Waals surface area contributed by atoms with Crippen LogP contribution < -0.4 is 21.3 Å². The molecule has 13 nitrogen and oxygen atoms in total. The lowest BCUT2D eigenvalue weighted by molar-refractivity contribution is -0.146. The number of carbonyl (C=O) groups is 6. The predicted octanol–water partition coefficient (Wildman–Crippen LogP) is 1.56. The van der Waals surface area contributed by atoms with Crippen molar-refractivity contribution >= 4 is 58.0 Å². The Kier molecular flexibility index (Phi) is 10.8. The van der Waals surface area contributed by atoms with Gasteiger partial charge in [0.1, 0.15) is 35.4 Å². The molecule has 0 aromatic heterocycles. The molecule has 1 unspecified atom stereocenters. The van der Waals surface area contributed by atoms with Gasteiger partial charge in [-0.2, -0.15) is 0 Å². The van der Waals surface area contributed by atoms with Gasteiger partial charge in [0.05, 0.1) is 12.1 Å². The Morgan fingerprint density at radius 2 is 1.58 bits per heavy atom. The molecule has 0 bridgehead atoms. The standard InChI is InChI=1S/C31H41ClN6O7/c1-15(2)12-20-27(41)34-21(13-18-17-8-5-6-9-19(17)33-26(18)32)28(42)36-22(14-24(39)40)31(45)38-11-7-10-23(38)29(43)37-25(16(3)4)30(44)35-20/h5-6,8-9,15-16,18,20-23,25H,7,10-14H2,1-4H3,(H,34,41)(H,35,44)(H,36,42)(H,37,43)(H,39,40)/t18?,20-,21+,22+,23-,25+/m0/s1. The first kappa shape index (κ1) is 33.9. The van der Waals surface area contributed by atoms with Gasteiger partial charge in [0.2, 0.25) is 29.5 Å². The van der Waals surface area contributed by atoms with Crippen LogP contribution in [0.5, 0.6) is 0 Å². The summed E-state index contributed by atoms with van der Waals surface area (Å²) in [6, 6.07) is 1.35. The fourth-order valence-corrected chi connectivity index (χ4v) is 6.37. The van der Waals surface area contributed by atoms with Gasteiger partial charge in [0.25, 0.3) is 0 Å². The zero-order valence-electron chi connectivity index (χ0n) is 25.8. The molecule has 45 heavy (non-hydrogen) atoms. The molecule has 5 N–H and O–H groups in total. The van der Waals surface area contributed by atoms with Crippen molar-refractivity contribution in [2.45, 2.75) is 95.9 Å². The number of nitrogens with one attached hydrogen (secondary N) is 4. The Balaban J connectivity index is 1.75. The quantitative estimate of drug-likeness (QED) is 0.298. The monoisotopic (exact) mass is 644 g/mol. The number of nitrogens with zero attached hydrogens (tertiary/aromatic N) is 2. The summed E-state index contributed by atoms with van der Waals surface area (Å²) in [6.07, 6.45) is 0.221. The van der Waals surface area contributed by atoms with E-state index >= 15 is 0 Å². The second-order valence-corrected chi connectivity index (χ2v) is 13.0. The van der Waals surface area contributed by atoms with E-state index < -0.39 is 78.1 Å². The highest BCUT2D eigenvalue weighted by atomic mass is 35.5. The molecule has 3 aliphatic rings. The van der Waals surface area contributed by atoms with Crippen LogP contribution in [-0.4, -0.2) is 87.4 Å². The number of hydrogen-bond donors (Lipinski definition) is 5. The normalized spacial score (nSPS) is 27.9. The SMILES string of the molecule is CC(C)C[C@@H]1NC(=O)[C@@H](C(C)C)NC(=O)[C@@H]2CCCN2C(=O)[C@@H](CC(=O)O)NC(=O)[C@@H](CC2C(Cl)=Nc3ccccc32)NC1=O. The second kappa shape index (κ2) is 14.4. The summed E-state index contributed by atoms with van der Waals surface area (Å²) < 4.78 is 0. The molecule has 244 valence electrons. The second-order valence-electron chi connectivity index (χ2n) is 12.6. The molecule has 3 aliphatic heterocycles. The number of halogens is 1. The maximum absolute atomic E-state index is 13.9. The number of rotatable bonds is 7. The van der Waals surface area contributed by atoms with Gasteiger partial charge >= 0.3 is 5.97 Å². The van der Waals surface area contributed by atoms with Gasteiger partial charge in [-0.1, -0.05) is 57.5 Å². The highest BCUT2D eigenvalue weighted by molar-refractivity contribution is 6.67. The van der Waals surface area contributed by atoms with Crippen molar-refractivity contribution in [3.8, 4) is 0 Å². The van der Waals surface area contributed by atoms with Crippen LogP contribution in [0.25, 0.3) is 0 Å². The van der Waals surface area contributed by atoms with Crippen molar-refractivity contribution in [2.75, 3.05) is 6.54 Å². The van der Waals surface area contributed by atoms with E-state index in [4.69, 9.17) is 11.6 Å². The molecular weight excluding hydrogens is 604 g/mol. The van der Waals surface area contributed by atoms with E-state index in [-0.39, 0.29) is 36.4 Å². The Morgan fingerprint density at radius 3 is 2.24 bits per heavy atom. The van der Waals surface area contributed by atoms with Crippen molar-refractivity contribution in [1.29, 1.82) is 0 Å². The number of carbonyl (C=O) groups excluding carboxylic acids is 5. The summed E-state index contributed by atoms with van der Waals surface area (Å²) in [5, 5.41) is 20.7. The molecule has 0 radical (unpaired) electrons. The van der Waals surface area contributed by atoms with Crippen LogP contribution in [0.1, 0.15) is 71.3 Å². The van der Waals surface area contributed by atoms with E-state index in [2.05, 4.69) is 26.3 Å². The molecule has 0 spiro atoms. The number of amides is 5. The average molecular weight is 645 g/mol. The minimum absolute atomic E-state index is 0.0320. The number of fused-ring (bicyclic) bond motifs is 2. The summed E-state index contributed by atoms with van der Waals surface area (Å²) in [6.45, 7) is 7.43. The third-order valence-corrected chi connectivity index (χ3v) is 8.70. The van der Waals surface area contributed by atoms with E-state index in [0.717, 1.165) is 5.56 Å². The van der Waals surface area contributed by atoms with Crippen LogP contribution in [0.15, 0.2) is 29.3 Å². The maximum atomic E-state index is 13.9. The summed E-state index contributed by atoms with van der Waals surface area (Å²) in [7, 11) is 0. The Bertz CT molecular complexity index is 1380. The average Bonchev–Trinajstić information content (AvgIpc) is 3.57. The highest BCUT2D eigenvalue weighted by Crippen LogP contribution is 2.39. The number of carboxylic acids is 1.